The molecule has 4 heterocycles. The number of nitrogen functional groups attached to an aromatic ring is 1. The molecule has 1 aliphatic carbocycles. The lowest BCUT2D eigenvalue weighted by Crippen LogP contribution is -2.38. The lowest BCUT2D eigenvalue weighted by Gasteiger charge is -2.33. The van der Waals surface area contributed by atoms with Gasteiger partial charge in [0.05, 0.1) is 17.3 Å². The number of rotatable bonds is 3. The Morgan fingerprint density at radius 1 is 1.29 bits per heavy atom. The van der Waals surface area contributed by atoms with Crippen molar-refractivity contribution in [2.45, 2.75) is 44.4 Å². The minimum absolute atomic E-state index is 0.0193. The molecule has 2 aromatic heterocycles. The molecule has 28 heavy (non-hydrogen) atoms. The van der Waals surface area contributed by atoms with E-state index >= 15 is 0 Å². The van der Waals surface area contributed by atoms with Gasteiger partial charge in [-0.25, -0.2) is 4.98 Å². The van der Waals surface area contributed by atoms with Crippen LogP contribution in [0.4, 0.5) is 11.5 Å². The van der Waals surface area contributed by atoms with Gasteiger partial charge in [0, 0.05) is 24.8 Å². The second-order valence-electron chi connectivity index (χ2n) is 8.04. The number of aryl methyl sites for hydroxylation is 1. The number of piperidine rings is 1. The molecule has 5 rings (SSSR count). The first-order chi connectivity index (χ1) is 13.5. The van der Waals surface area contributed by atoms with Crippen LogP contribution in [0.2, 0.25) is 0 Å². The molecule has 0 spiro atoms. The second kappa shape index (κ2) is 6.55. The zero-order valence-electron chi connectivity index (χ0n) is 15.8. The molecule has 146 valence electrons. The van der Waals surface area contributed by atoms with Crippen molar-refractivity contribution in [3.05, 3.63) is 34.0 Å². The van der Waals surface area contributed by atoms with Crippen molar-refractivity contribution < 1.29 is 9.59 Å². The fourth-order valence-corrected chi connectivity index (χ4v) is 5.32. The number of likely N-dealkylation sites (tertiary alicyclic amines) is 1. The number of fused-ring (bicyclic) bond motifs is 1. The summed E-state index contributed by atoms with van der Waals surface area (Å²) in [5.74, 6) is 1.58. The molecule has 8 heteroatoms. The number of hydrogen-bond acceptors (Lipinski definition) is 6. The quantitative estimate of drug-likeness (QED) is 0.829. The van der Waals surface area contributed by atoms with E-state index in [2.05, 4.69) is 20.7 Å². The number of carbonyl (C=O) groups excluding carboxylic acids is 2. The number of nitrogens with zero attached hydrogens (tertiary/aromatic N) is 3. The summed E-state index contributed by atoms with van der Waals surface area (Å²) in [6.45, 7) is 3.20. The molecule has 2 amide bonds. The molecule has 0 bridgehead atoms. The van der Waals surface area contributed by atoms with Crippen molar-refractivity contribution in [1.82, 2.24) is 14.3 Å². The van der Waals surface area contributed by atoms with Crippen LogP contribution in [0.3, 0.4) is 0 Å². The Labute approximate surface area is 167 Å². The number of pyridine rings is 1. The summed E-state index contributed by atoms with van der Waals surface area (Å²) < 4.78 is 4.20. The number of anilines is 2. The molecule has 1 atom stereocenters. The Kier molecular flexibility index (Phi) is 4.12. The molecule has 0 radical (unpaired) electrons. The average Bonchev–Trinajstić information content (AvgIpc) is 3.40. The van der Waals surface area contributed by atoms with E-state index in [-0.39, 0.29) is 17.7 Å². The fourth-order valence-electron chi connectivity index (χ4n) is 4.54. The standard InChI is InChI=1S/C20H23N5O2S/c1-10-16(21)17(28-24-10)20(27)25-8-5-11(6-9-25)13-4-7-22-18-15(13)14(12-2-3-12)19(26)23-18/h4,7,11-12,14H,2-3,5-6,8-9,21H2,1H3,(H,22,23,26). The lowest BCUT2D eigenvalue weighted by atomic mass is 9.82. The van der Waals surface area contributed by atoms with Crippen LogP contribution in [0.1, 0.15) is 64.0 Å². The van der Waals surface area contributed by atoms with E-state index in [0.717, 1.165) is 42.8 Å². The predicted octanol–water partition coefficient (Wildman–Crippen LogP) is 2.89. The van der Waals surface area contributed by atoms with Gasteiger partial charge in [0.2, 0.25) is 5.91 Å². The molecule has 7 nitrogen and oxygen atoms in total. The monoisotopic (exact) mass is 397 g/mol. The van der Waals surface area contributed by atoms with E-state index in [1.54, 1.807) is 6.20 Å². The number of carbonyl (C=O) groups is 2. The summed E-state index contributed by atoms with van der Waals surface area (Å²) in [6, 6.07) is 2.07. The maximum Gasteiger partial charge on any atom is 0.267 e. The first kappa shape index (κ1) is 17.6. The normalized spacial score (nSPS) is 22.2. The van der Waals surface area contributed by atoms with Crippen molar-refractivity contribution in [2.75, 3.05) is 24.1 Å². The second-order valence-corrected chi connectivity index (χ2v) is 8.82. The van der Waals surface area contributed by atoms with Crippen LogP contribution in [-0.4, -0.2) is 39.2 Å². The van der Waals surface area contributed by atoms with Gasteiger partial charge in [0.15, 0.2) is 0 Å². The average molecular weight is 398 g/mol. The Hall–Kier alpha value is -2.48. The van der Waals surface area contributed by atoms with Gasteiger partial charge in [0.1, 0.15) is 10.7 Å². The van der Waals surface area contributed by atoms with Gasteiger partial charge in [-0.15, -0.1) is 0 Å². The maximum absolute atomic E-state index is 12.8. The van der Waals surface area contributed by atoms with Crippen LogP contribution in [0.15, 0.2) is 12.3 Å². The Balaban J connectivity index is 1.34. The highest BCUT2D eigenvalue weighted by molar-refractivity contribution is 7.08. The van der Waals surface area contributed by atoms with Gasteiger partial charge in [0.25, 0.3) is 5.91 Å². The van der Waals surface area contributed by atoms with E-state index in [1.165, 1.54) is 17.1 Å². The number of nitrogens with two attached hydrogens (primary N) is 1. The van der Waals surface area contributed by atoms with Crippen LogP contribution in [0, 0.1) is 12.8 Å². The molecule has 2 aliphatic heterocycles. The van der Waals surface area contributed by atoms with Crippen molar-refractivity contribution in [2.24, 2.45) is 5.92 Å². The van der Waals surface area contributed by atoms with Gasteiger partial charge in [-0.3, -0.25) is 9.59 Å². The minimum Gasteiger partial charge on any atom is -0.396 e. The smallest absolute Gasteiger partial charge is 0.267 e. The van der Waals surface area contributed by atoms with E-state index in [4.69, 9.17) is 5.73 Å². The molecular weight excluding hydrogens is 374 g/mol. The van der Waals surface area contributed by atoms with Crippen LogP contribution in [-0.2, 0) is 4.79 Å². The zero-order valence-corrected chi connectivity index (χ0v) is 16.6. The van der Waals surface area contributed by atoms with E-state index in [0.29, 0.717) is 35.5 Å². The Bertz CT molecular complexity index is 960. The first-order valence-corrected chi connectivity index (χ1v) is 10.6. The molecular formula is C20H23N5O2S. The first-order valence-electron chi connectivity index (χ1n) is 9.85. The number of aromatic nitrogens is 2. The Morgan fingerprint density at radius 3 is 2.68 bits per heavy atom. The molecule has 3 aliphatic rings. The minimum atomic E-state index is -0.0432. The predicted molar refractivity (Wildman–Crippen MR) is 107 cm³/mol. The molecule has 1 unspecified atom stereocenters. The van der Waals surface area contributed by atoms with Crippen LogP contribution < -0.4 is 11.1 Å². The molecule has 0 aromatic carbocycles. The van der Waals surface area contributed by atoms with Crippen molar-refractivity contribution in [1.29, 1.82) is 0 Å². The summed E-state index contributed by atoms with van der Waals surface area (Å²) in [6.07, 6.45) is 5.79. The van der Waals surface area contributed by atoms with Gasteiger partial charge < -0.3 is 16.0 Å². The summed E-state index contributed by atoms with van der Waals surface area (Å²) in [7, 11) is 0. The maximum atomic E-state index is 12.8. The lowest BCUT2D eigenvalue weighted by molar-refractivity contribution is -0.117. The molecule has 3 N–H and O–H groups in total. The highest BCUT2D eigenvalue weighted by Gasteiger charge is 2.45. The molecule has 2 aromatic rings. The summed E-state index contributed by atoms with van der Waals surface area (Å²) in [4.78, 5) is 32.1. The number of amides is 2. The van der Waals surface area contributed by atoms with E-state index < -0.39 is 0 Å². The largest absolute Gasteiger partial charge is 0.396 e. The van der Waals surface area contributed by atoms with Crippen LogP contribution in [0.5, 0.6) is 0 Å². The highest BCUT2D eigenvalue weighted by atomic mass is 32.1. The number of nitrogens with one attached hydrogen (secondary N) is 1. The molecule has 1 saturated carbocycles. The van der Waals surface area contributed by atoms with Gasteiger partial charge in [-0.1, -0.05) is 0 Å². The third kappa shape index (κ3) is 2.78. The topological polar surface area (TPSA) is 101 Å². The van der Waals surface area contributed by atoms with Crippen molar-refractivity contribution >= 4 is 34.9 Å². The fraction of sp³-hybridized carbons (Fsp3) is 0.500. The summed E-state index contributed by atoms with van der Waals surface area (Å²) in [5.41, 5.74) is 9.58. The molecule has 1 saturated heterocycles. The molecule has 2 fully saturated rings. The van der Waals surface area contributed by atoms with Crippen LogP contribution in [0.25, 0.3) is 0 Å². The Morgan fingerprint density at radius 2 is 2.04 bits per heavy atom. The highest BCUT2D eigenvalue weighted by Crippen LogP contribution is 2.50. The summed E-state index contributed by atoms with van der Waals surface area (Å²) in [5, 5.41) is 2.97. The third-order valence-electron chi connectivity index (χ3n) is 6.28. The van der Waals surface area contributed by atoms with Gasteiger partial charge in [-0.05, 0) is 67.6 Å². The van der Waals surface area contributed by atoms with Crippen LogP contribution >= 0.6 is 11.5 Å². The third-order valence-corrected chi connectivity index (χ3v) is 7.22. The number of hydrogen-bond donors (Lipinski definition) is 2. The summed E-state index contributed by atoms with van der Waals surface area (Å²) >= 11 is 1.18. The van der Waals surface area contributed by atoms with Gasteiger partial charge in [-0.2, -0.15) is 4.37 Å². The van der Waals surface area contributed by atoms with Crippen molar-refractivity contribution in [3.8, 4) is 0 Å². The SMILES string of the molecule is Cc1nsc(C(=O)N2CCC(c3ccnc4c3C(C3CC3)C(=O)N4)CC2)c1N. The van der Waals surface area contributed by atoms with E-state index in [9.17, 15) is 9.59 Å². The van der Waals surface area contributed by atoms with E-state index in [1.807, 2.05) is 11.8 Å². The van der Waals surface area contributed by atoms with Gasteiger partial charge >= 0.3 is 0 Å². The zero-order chi connectivity index (χ0) is 19.4. The van der Waals surface area contributed by atoms with Crippen molar-refractivity contribution in [3.63, 3.8) is 0 Å².